The molecule has 12 heavy (non-hydrogen) atoms. The van der Waals surface area contributed by atoms with Gasteiger partial charge in [0.2, 0.25) is 0 Å². The van der Waals surface area contributed by atoms with Gasteiger partial charge in [-0.2, -0.15) is 0 Å². The summed E-state index contributed by atoms with van der Waals surface area (Å²) in [7, 11) is 0. The first kappa shape index (κ1) is 9.28. The molecule has 1 heterocycles. The van der Waals surface area contributed by atoms with Gasteiger partial charge in [0.15, 0.2) is 0 Å². The lowest BCUT2D eigenvalue weighted by Crippen LogP contribution is -2.49. The molecule has 0 aromatic rings. The van der Waals surface area contributed by atoms with Gasteiger partial charge in [-0.1, -0.05) is 0 Å². The summed E-state index contributed by atoms with van der Waals surface area (Å²) in [5.74, 6) is 0. The van der Waals surface area contributed by atoms with Gasteiger partial charge in [0.05, 0.1) is 31.9 Å². The van der Waals surface area contributed by atoms with Crippen LogP contribution in [0.3, 0.4) is 0 Å². The van der Waals surface area contributed by atoms with Crippen LogP contribution in [0.4, 0.5) is 4.79 Å². The number of hydrogen-bond donors (Lipinski definition) is 2. The van der Waals surface area contributed by atoms with Gasteiger partial charge in [-0.15, -0.1) is 0 Å². The van der Waals surface area contributed by atoms with E-state index >= 15 is 0 Å². The van der Waals surface area contributed by atoms with Crippen LogP contribution < -0.4 is 0 Å². The van der Waals surface area contributed by atoms with Gasteiger partial charge in [-0.25, -0.2) is 4.79 Å². The van der Waals surface area contributed by atoms with Crippen LogP contribution in [-0.4, -0.2) is 53.1 Å². The minimum atomic E-state index is -0.955. The van der Waals surface area contributed by atoms with E-state index in [1.54, 1.807) is 6.92 Å². The molecule has 0 radical (unpaired) electrons. The van der Waals surface area contributed by atoms with E-state index in [0.717, 1.165) is 0 Å². The Morgan fingerprint density at radius 3 is 2.83 bits per heavy atom. The first-order valence-electron chi connectivity index (χ1n) is 3.87. The van der Waals surface area contributed by atoms with Crippen LogP contribution in [0.2, 0.25) is 0 Å². The predicted octanol–water partition coefficient (Wildman–Crippen LogP) is -0.254. The van der Waals surface area contributed by atoms with E-state index in [0.29, 0.717) is 6.54 Å². The lowest BCUT2D eigenvalue weighted by molar-refractivity contribution is -0.0877. The number of nitrogens with zero attached hydrogens (tertiary/aromatic N) is 1. The molecule has 1 rings (SSSR count). The second-order valence-electron chi connectivity index (χ2n) is 2.94. The molecule has 0 spiro atoms. The number of ether oxygens (including phenoxy) is 1. The van der Waals surface area contributed by atoms with E-state index < -0.39 is 6.09 Å². The molecule has 1 unspecified atom stereocenters. The summed E-state index contributed by atoms with van der Waals surface area (Å²) in [6, 6.07) is 0. The van der Waals surface area contributed by atoms with Crippen molar-refractivity contribution in [3.63, 3.8) is 0 Å². The van der Waals surface area contributed by atoms with E-state index in [4.69, 9.17) is 14.9 Å². The normalized spacial score (nSPS) is 30.3. The number of rotatable bonds is 1. The summed E-state index contributed by atoms with van der Waals surface area (Å²) in [5, 5.41) is 17.4. The van der Waals surface area contributed by atoms with Crippen molar-refractivity contribution in [3.8, 4) is 0 Å². The van der Waals surface area contributed by atoms with Crippen molar-refractivity contribution < 1.29 is 19.7 Å². The fourth-order valence-electron chi connectivity index (χ4n) is 1.30. The third-order valence-electron chi connectivity index (χ3n) is 1.80. The Morgan fingerprint density at radius 2 is 2.33 bits per heavy atom. The summed E-state index contributed by atoms with van der Waals surface area (Å²) in [5.41, 5.74) is 0. The number of hydrogen-bond acceptors (Lipinski definition) is 3. The number of aliphatic hydroxyl groups is 1. The van der Waals surface area contributed by atoms with Gasteiger partial charge in [0, 0.05) is 0 Å². The van der Waals surface area contributed by atoms with Crippen LogP contribution in [0.1, 0.15) is 6.92 Å². The maximum absolute atomic E-state index is 10.6. The highest BCUT2D eigenvalue weighted by Crippen LogP contribution is 2.10. The summed E-state index contributed by atoms with van der Waals surface area (Å²) >= 11 is 0. The first-order valence-corrected chi connectivity index (χ1v) is 3.87. The summed E-state index contributed by atoms with van der Waals surface area (Å²) in [6.07, 6.45) is -1.46. The second kappa shape index (κ2) is 3.73. The molecule has 2 N–H and O–H groups in total. The van der Waals surface area contributed by atoms with Gasteiger partial charge in [-0.3, -0.25) is 0 Å². The van der Waals surface area contributed by atoms with Gasteiger partial charge in [0.25, 0.3) is 0 Å². The zero-order chi connectivity index (χ0) is 9.14. The van der Waals surface area contributed by atoms with Crippen LogP contribution >= 0.6 is 0 Å². The van der Waals surface area contributed by atoms with Gasteiger partial charge < -0.3 is 19.8 Å². The van der Waals surface area contributed by atoms with E-state index in [2.05, 4.69) is 0 Å². The van der Waals surface area contributed by atoms with Crippen LogP contribution in [0, 0.1) is 0 Å². The molecule has 0 bridgehead atoms. The minimum Gasteiger partial charge on any atom is -0.465 e. The standard InChI is InChI=1S/C7H13NO4/c1-5-2-8(7(10)11)3-6(4-9)12-5/h5-6,9H,2-4H2,1H3,(H,10,11)/t5?,6-/m1/s1. The lowest BCUT2D eigenvalue weighted by Gasteiger charge is -2.34. The van der Waals surface area contributed by atoms with Crippen molar-refractivity contribution in [1.29, 1.82) is 0 Å². The largest absolute Gasteiger partial charge is 0.465 e. The van der Waals surface area contributed by atoms with Crippen molar-refractivity contribution in [2.24, 2.45) is 0 Å². The maximum atomic E-state index is 10.6. The Bertz CT molecular complexity index is 173. The molecule has 5 heteroatoms. The number of aliphatic hydroxyl groups excluding tert-OH is 1. The van der Waals surface area contributed by atoms with Crippen molar-refractivity contribution in [1.82, 2.24) is 4.90 Å². The van der Waals surface area contributed by atoms with E-state index in [-0.39, 0.29) is 25.4 Å². The number of amides is 1. The molecule has 5 nitrogen and oxygen atoms in total. The average Bonchev–Trinajstić information content (AvgIpc) is 2.03. The number of carboxylic acid groups (broad SMARTS) is 1. The lowest BCUT2D eigenvalue weighted by atomic mass is 10.2. The Morgan fingerprint density at radius 1 is 1.67 bits per heavy atom. The summed E-state index contributed by atoms with van der Waals surface area (Å²) < 4.78 is 5.26. The highest BCUT2D eigenvalue weighted by Gasteiger charge is 2.27. The molecular weight excluding hydrogens is 162 g/mol. The molecule has 0 saturated carbocycles. The van der Waals surface area contributed by atoms with Crippen molar-refractivity contribution in [3.05, 3.63) is 0 Å². The average molecular weight is 175 g/mol. The molecule has 2 atom stereocenters. The molecule has 1 fully saturated rings. The fourth-order valence-corrected chi connectivity index (χ4v) is 1.30. The van der Waals surface area contributed by atoms with Crippen molar-refractivity contribution >= 4 is 6.09 Å². The molecule has 70 valence electrons. The second-order valence-corrected chi connectivity index (χ2v) is 2.94. The SMILES string of the molecule is CC1CN(C(=O)O)C[C@H](CO)O1. The van der Waals surface area contributed by atoms with Gasteiger partial charge in [0.1, 0.15) is 0 Å². The summed E-state index contributed by atoms with van der Waals surface area (Å²) in [4.78, 5) is 11.8. The van der Waals surface area contributed by atoms with Crippen LogP contribution in [0.15, 0.2) is 0 Å². The van der Waals surface area contributed by atoms with Gasteiger partial charge >= 0.3 is 6.09 Å². The molecule has 1 amide bonds. The highest BCUT2D eigenvalue weighted by molar-refractivity contribution is 5.65. The van der Waals surface area contributed by atoms with Crippen LogP contribution in [0.5, 0.6) is 0 Å². The molecule has 1 saturated heterocycles. The quantitative estimate of drug-likeness (QED) is 0.576. The molecular formula is C7H13NO4. The maximum Gasteiger partial charge on any atom is 0.407 e. The van der Waals surface area contributed by atoms with Crippen molar-refractivity contribution in [2.75, 3.05) is 19.7 Å². The van der Waals surface area contributed by atoms with Gasteiger partial charge in [-0.05, 0) is 6.92 Å². The van der Waals surface area contributed by atoms with E-state index in [1.807, 2.05) is 0 Å². The highest BCUT2D eigenvalue weighted by atomic mass is 16.5. The zero-order valence-electron chi connectivity index (χ0n) is 6.93. The molecule has 0 aromatic carbocycles. The van der Waals surface area contributed by atoms with Crippen LogP contribution in [0.25, 0.3) is 0 Å². The monoisotopic (exact) mass is 175 g/mol. The smallest absolute Gasteiger partial charge is 0.407 e. The fraction of sp³-hybridized carbons (Fsp3) is 0.857. The Kier molecular flexibility index (Phi) is 2.88. The number of carbonyl (C=O) groups is 1. The van der Waals surface area contributed by atoms with E-state index in [1.165, 1.54) is 4.90 Å². The topological polar surface area (TPSA) is 70.0 Å². The Hall–Kier alpha value is -0.810. The summed E-state index contributed by atoms with van der Waals surface area (Å²) in [6.45, 7) is 2.30. The van der Waals surface area contributed by atoms with Crippen molar-refractivity contribution in [2.45, 2.75) is 19.1 Å². The Labute approximate surface area is 70.5 Å². The Balaban J connectivity index is 2.51. The molecule has 0 aromatic heterocycles. The predicted molar refractivity (Wildman–Crippen MR) is 41.0 cm³/mol. The third-order valence-corrected chi connectivity index (χ3v) is 1.80. The van der Waals surface area contributed by atoms with E-state index in [9.17, 15) is 4.79 Å². The minimum absolute atomic E-state index is 0.131. The molecule has 1 aliphatic rings. The number of morpholine rings is 1. The third kappa shape index (κ3) is 2.09. The molecule has 0 aliphatic carbocycles. The van der Waals surface area contributed by atoms with Crippen LogP contribution in [-0.2, 0) is 4.74 Å². The zero-order valence-corrected chi connectivity index (χ0v) is 6.93. The molecule has 1 aliphatic heterocycles. The first-order chi connectivity index (χ1) is 5.63.